The number of ether oxygens (including phenoxy) is 1. The average Bonchev–Trinajstić information content (AvgIpc) is 2.87. The molecule has 1 aromatic heterocycles. The summed E-state index contributed by atoms with van der Waals surface area (Å²) in [5.41, 5.74) is 0.587. The van der Waals surface area contributed by atoms with Gasteiger partial charge in [-0.1, -0.05) is 0 Å². The molecular weight excluding hydrogens is 475 g/mol. The highest BCUT2D eigenvalue weighted by atomic mass is 19.4. The number of alkyl halides is 3. The van der Waals surface area contributed by atoms with Crippen LogP contribution in [0.2, 0.25) is 0 Å². The van der Waals surface area contributed by atoms with Crippen molar-refractivity contribution >= 4 is 29.0 Å². The molecule has 2 saturated heterocycles. The molecule has 0 atom stereocenters. The Hall–Kier alpha value is -3.28. The molecule has 0 spiro atoms. The second kappa shape index (κ2) is 11.6. The van der Waals surface area contributed by atoms with Crippen LogP contribution in [-0.4, -0.2) is 73.7 Å². The van der Waals surface area contributed by atoms with Gasteiger partial charge in [0.2, 0.25) is 11.9 Å². The van der Waals surface area contributed by atoms with E-state index in [1.165, 1.54) is 7.11 Å². The topological polar surface area (TPSA) is 94.6 Å². The molecule has 0 radical (unpaired) electrons. The quantitative estimate of drug-likeness (QED) is 0.445. The van der Waals surface area contributed by atoms with Gasteiger partial charge in [-0.05, 0) is 37.5 Å². The van der Waals surface area contributed by atoms with Crippen LogP contribution < -0.4 is 25.6 Å². The fourth-order valence-corrected chi connectivity index (χ4v) is 4.39. The van der Waals surface area contributed by atoms with E-state index in [1.54, 1.807) is 4.90 Å². The zero-order valence-electron chi connectivity index (χ0n) is 20.3. The van der Waals surface area contributed by atoms with Crippen molar-refractivity contribution in [1.82, 2.24) is 20.2 Å². The number of hydrogen-bond donors (Lipinski definition) is 3. The van der Waals surface area contributed by atoms with Crippen molar-refractivity contribution in [3.05, 3.63) is 30.0 Å². The molecule has 0 unspecified atom stereocenters. The van der Waals surface area contributed by atoms with E-state index < -0.39 is 11.7 Å². The second-order valence-electron chi connectivity index (χ2n) is 8.82. The highest BCUT2D eigenvalue weighted by Gasteiger charge is 2.35. The number of likely N-dealkylation sites (tertiary alicyclic amines) is 1. The van der Waals surface area contributed by atoms with Crippen LogP contribution in [0.3, 0.4) is 0 Å². The fourth-order valence-electron chi connectivity index (χ4n) is 4.39. The van der Waals surface area contributed by atoms with Crippen LogP contribution in [0, 0.1) is 0 Å². The Morgan fingerprint density at radius 2 is 1.97 bits per heavy atom. The van der Waals surface area contributed by atoms with E-state index in [0.717, 1.165) is 50.9 Å². The molecule has 196 valence electrons. The highest BCUT2D eigenvalue weighted by molar-refractivity contribution is 5.76. The summed E-state index contributed by atoms with van der Waals surface area (Å²) in [4.78, 5) is 24.0. The smallest absolute Gasteiger partial charge is 0.421 e. The summed E-state index contributed by atoms with van der Waals surface area (Å²) in [7, 11) is 1.53. The SMILES string of the molecule is COc1ccc(N2CCNCC2)cc1Nc1ncc(C(F)(F)F)c(NCCCN2CCCCC2=O)n1. The summed E-state index contributed by atoms with van der Waals surface area (Å²) in [6, 6.07) is 5.64. The number of anilines is 4. The molecule has 1 amide bonds. The fraction of sp³-hybridized carbons (Fsp3) is 0.542. The molecule has 0 aliphatic carbocycles. The summed E-state index contributed by atoms with van der Waals surface area (Å²) >= 11 is 0. The number of nitrogens with zero attached hydrogens (tertiary/aromatic N) is 4. The van der Waals surface area contributed by atoms with Gasteiger partial charge in [-0.2, -0.15) is 18.2 Å². The number of carbonyl (C=O) groups is 1. The van der Waals surface area contributed by atoms with Gasteiger partial charge in [-0.15, -0.1) is 0 Å². The third kappa shape index (κ3) is 6.48. The largest absolute Gasteiger partial charge is 0.495 e. The van der Waals surface area contributed by atoms with Crippen molar-refractivity contribution < 1.29 is 22.7 Å². The Bertz CT molecular complexity index is 1040. The van der Waals surface area contributed by atoms with Crippen molar-refractivity contribution in [2.45, 2.75) is 31.9 Å². The Kier molecular flexibility index (Phi) is 8.34. The van der Waals surface area contributed by atoms with Crippen LogP contribution >= 0.6 is 0 Å². The number of methoxy groups -OCH3 is 1. The lowest BCUT2D eigenvalue weighted by Crippen LogP contribution is -2.43. The molecule has 36 heavy (non-hydrogen) atoms. The third-order valence-electron chi connectivity index (χ3n) is 6.32. The van der Waals surface area contributed by atoms with Crippen LogP contribution in [0.25, 0.3) is 0 Å². The van der Waals surface area contributed by atoms with Gasteiger partial charge in [0.15, 0.2) is 0 Å². The summed E-state index contributed by atoms with van der Waals surface area (Å²) in [5.74, 6) is 0.343. The van der Waals surface area contributed by atoms with E-state index in [4.69, 9.17) is 4.74 Å². The molecule has 1 aromatic carbocycles. The van der Waals surface area contributed by atoms with Crippen LogP contribution in [0.5, 0.6) is 5.75 Å². The Morgan fingerprint density at radius 1 is 1.17 bits per heavy atom. The van der Waals surface area contributed by atoms with Gasteiger partial charge in [0.05, 0.1) is 12.8 Å². The molecule has 3 N–H and O–H groups in total. The average molecular weight is 508 g/mol. The first kappa shape index (κ1) is 25.8. The molecular formula is C24H32F3N7O2. The molecule has 9 nitrogen and oxygen atoms in total. The summed E-state index contributed by atoms with van der Waals surface area (Å²) in [5, 5.41) is 9.12. The second-order valence-corrected chi connectivity index (χ2v) is 8.82. The molecule has 2 aromatic rings. The van der Waals surface area contributed by atoms with Crippen molar-refractivity contribution in [3.63, 3.8) is 0 Å². The Balaban J connectivity index is 1.48. The number of nitrogens with one attached hydrogen (secondary N) is 3. The molecule has 0 saturated carbocycles. The number of piperazine rings is 1. The number of halogens is 3. The van der Waals surface area contributed by atoms with Crippen molar-refractivity contribution in [1.29, 1.82) is 0 Å². The monoisotopic (exact) mass is 507 g/mol. The maximum atomic E-state index is 13.6. The first-order chi connectivity index (χ1) is 17.3. The lowest BCUT2D eigenvalue weighted by atomic mass is 10.1. The van der Waals surface area contributed by atoms with Crippen LogP contribution in [0.4, 0.5) is 36.3 Å². The van der Waals surface area contributed by atoms with Crippen LogP contribution in [0.15, 0.2) is 24.4 Å². The third-order valence-corrected chi connectivity index (χ3v) is 6.32. The minimum Gasteiger partial charge on any atom is -0.495 e. The van der Waals surface area contributed by atoms with Gasteiger partial charge in [-0.3, -0.25) is 4.79 Å². The van der Waals surface area contributed by atoms with Crippen molar-refractivity contribution in [3.8, 4) is 5.75 Å². The van der Waals surface area contributed by atoms with Crippen LogP contribution in [0.1, 0.15) is 31.2 Å². The zero-order chi connectivity index (χ0) is 25.5. The normalized spacial score (nSPS) is 16.7. The van der Waals surface area contributed by atoms with Gasteiger partial charge in [-0.25, -0.2) is 4.98 Å². The van der Waals surface area contributed by atoms with Crippen molar-refractivity contribution in [2.75, 3.05) is 68.5 Å². The number of benzene rings is 1. The maximum absolute atomic E-state index is 13.6. The number of hydrogen-bond acceptors (Lipinski definition) is 8. The number of rotatable bonds is 9. The predicted octanol–water partition coefficient (Wildman–Crippen LogP) is 3.47. The number of piperidine rings is 1. The number of carbonyl (C=O) groups excluding carboxylic acids is 1. The molecule has 2 aliphatic heterocycles. The molecule has 2 aliphatic rings. The molecule has 4 rings (SSSR count). The van der Waals surface area contributed by atoms with Gasteiger partial charge in [0.25, 0.3) is 0 Å². The number of aromatic nitrogens is 2. The van der Waals surface area contributed by atoms with Gasteiger partial charge >= 0.3 is 6.18 Å². The van der Waals surface area contributed by atoms with Gasteiger partial charge in [0.1, 0.15) is 17.1 Å². The first-order valence-corrected chi connectivity index (χ1v) is 12.2. The summed E-state index contributed by atoms with van der Waals surface area (Å²) in [6.45, 7) is 4.88. The molecule has 0 bridgehead atoms. The zero-order valence-corrected chi connectivity index (χ0v) is 20.3. The predicted molar refractivity (Wildman–Crippen MR) is 132 cm³/mol. The Morgan fingerprint density at radius 3 is 2.69 bits per heavy atom. The van der Waals surface area contributed by atoms with Crippen LogP contribution in [-0.2, 0) is 11.0 Å². The van der Waals surface area contributed by atoms with E-state index in [9.17, 15) is 18.0 Å². The van der Waals surface area contributed by atoms with E-state index in [1.807, 2.05) is 18.2 Å². The standard InChI is InChI=1S/C24H32F3N7O2/c1-36-20-7-6-17(33-13-9-28-10-14-33)15-19(20)31-23-30-16-18(24(25,26)27)22(32-23)29-8-4-12-34-11-3-2-5-21(34)35/h6-7,15-16,28H,2-5,8-14H2,1H3,(H2,29,30,31,32). The molecule has 3 heterocycles. The highest BCUT2D eigenvalue weighted by Crippen LogP contribution is 2.35. The molecule has 12 heteroatoms. The first-order valence-electron chi connectivity index (χ1n) is 12.2. The van der Waals surface area contributed by atoms with E-state index in [2.05, 4.69) is 30.8 Å². The van der Waals surface area contributed by atoms with Crippen molar-refractivity contribution in [2.24, 2.45) is 0 Å². The lowest BCUT2D eigenvalue weighted by Gasteiger charge is -2.30. The lowest BCUT2D eigenvalue weighted by molar-refractivity contribution is -0.137. The maximum Gasteiger partial charge on any atom is 0.421 e. The summed E-state index contributed by atoms with van der Waals surface area (Å²) < 4.78 is 46.3. The van der Waals surface area contributed by atoms with Gasteiger partial charge in [0, 0.05) is 64.1 Å². The molecule has 2 fully saturated rings. The van der Waals surface area contributed by atoms with E-state index in [0.29, 0.717) is 37.4 Å². The Labute approximate surface area is 208 Å². The summed E-state index contributed by atoms with van der Waals surface area (Å²) in [6.07, 6.45) is -0.940. The number of amides is 1. The minimum atomic E-state index is -4.61. The van der Waals surface area contributed by atoms with E-state index in [-0.39, 0.29) is 24.2 Å². The minimum absolute atomic E-state index is 0.0208. The van der Waals surface area contributed by atoms with E-state index >= 15 is 0 Å². The van der Waals surface area contributed by atoms with Gasteiger partial charge < -0.3 is 30.5 Å².